The molecule has 0 spiro atoms. The Balaban J connectivity index is 2.78. The fourth-order valence-corrected chi connectivity index (χ4v) is 0.865. The summed E-state index contributed by atoms with van der Waals surface area (Å²) in [6.45, 7) is 1.55. The fourth-order valence-electron chi connectivity index (χ4n) is 0.865. The summed E-state index contributed by atoms with van der Waals surface area (Å²) in [4.78, 5) is 20.4. The van der Waals surface area contributed by atoms with Crippen LogP contribution in [0.1, 0.15) is 13.2 Å². The Morgan fingerprint density at radius 1 is 1.87 bits per heavy atom. The van der Waals surface area contributed by atoms with E-state index in [2.05, 4.69) is 9.84 Å². The first-order chi connectivity index (χ1) is 7.06. The van der Waals surface area contributed by atoms with Gasteiger partial charge in [-0.05, 0) is 6.92 Å². The highest BCUT2D eigenvalue weighted by Crippen LogP contribution is 2.15. The first-order valence-corrected chi connectivity index (χ1v) is 4.05. The van der Waals surface area contributed by atoms with Crippen molar-refractivity contribution < 1.29 is 18.8 Å². The van der Waals surface area contributed by atoms with Gasteiger partial charge in [0, 0.05) is 0 Å². The van der Waals surface area contributed by atoms with Gasteiger partial charge in [0.05, 0.1) is 11.5 Å². The molecule has 15 heavy (non-hydrogen) atoms. The molecule has 0 aliphatic heterocycles. The third-order valence-corrected chi connectivity index (χ3v) is 1.51. The van der Waals surface area contributed by atoms with Crippen molar-refractivity contribution in [3.63, 3.8) is 0 Å². The maximum absolute atomic E-state index is 13.2. The monoisotopic (exact) mass is 217 g/mol. The quantitative estimate of drug-likeness (QED) is 0.423. The van der Waals surface area contributed by atoms with E-state index in [0.717, 1.165) is 12.4 Å². The summed E-state index contributed by atoms with van der Waals surface area (Å²) in [6, 6.07) is 0. The zero-order valence-corrected chi connectivity index (χ0v) is 7.79. The Kier molecular flexibility index (Phi) is 3.32. The Bertz CT molecular complexity index is 378. The van der Waals surface area contributed by atoms with E-state index in [1.54, 1.807) is 0 Å². The number of ether oxygens (including phenoxy) is 1. The van der Waals surface area contributed by atoms with Crippen LogP contribution in [0.15, 0.2) is 12.4 Å². The van der Waals surface area contributed by atoms with Crippen molar-refractivity contribution in [3.05, 3.63) is 22.5 Å². The average molecular weight is 217 g/mol. The molecule has 1 heterocycles. The van der Waals surface area contributed by atoms with Crippen molar-refractivity contribution >= 4 is 11.7 Å². The molecule has 1 atom stereocenters. The number of alkyl halides is 1. The summed E-state index contributed by atoms with van der Waals surface area (Å²) < 4.78 is 18.1. The maximum Gasteiger partial charge on any atom is 0.363 e. The van der Waals surface area contributed by atoms with E-state index in [-0.39, 0.29) is 12.3 Å². The lowest BCUT2D eigenvalue weighted by molar-refractivity contribution is -0.385. The fraction of sp³-hybridized carbons (Fsp3) is 0.429. The van der Waals surface area contributed by atoms with Gasteiger partial charge in [-0.1, -0.05) is 0 Å². The number of aromatic nitrogens is 2. The van der Waals surface area contributed by atoms with Crippen molar-refractivity contribution in [3.8, 4) is 0 Å². The van der Waals surface area contributed by atoms with Gasteiger partial charge in [-0.2, -0.15) is 5.10 Å². The van der Waals surface area contributed by atoms with Crippen LogP contribution in [0.3, 0.4) is 0 Å². The Morgan fingerprint density at radius 2 is 2.53 bits per heavy atom. The van der Waals surface area contributed by atoms with Crippen LogP contribution in [-0.4, -0.2) is 27.3 Å². The second-order valence-corrected chi connectivity index (χ2v) is 2.52. The van der Waals surface area contributed by atoms with Crippen LogP contribution in [0.2, 0.25) is 0 Å². The zero-order valence-electron chi connectivity index (χ0n) is 7.79. The Labute approximate surface area is 83.6 Å². The van der Waals surface area contributed by atoms with E-state index in [4.69, 9.17) is 0 Å². The average Bonchev–Trinajstić information content (AvgIpc) is 2.65. The largest absolute Gasteiger partial charge is 0.462 e. The molecular formula is C7H8FN3O4. The van der Waals surface area contributed by atoms with Crippen LogP contribution in [0.25, 0.3) is 0 Å². The van der Waals surface area contributed by atoms with Gasteiger partial charge in [0.25, 0.3) is 6.30 Å². The predicted molar refractivity (Wildman–Crippen MR) is 45.7 cm³/mol. The van der Waals surface area contributed by atoms with E-state index < -0.39 is 17.2 Å². The smallest absolute Gasteiger partial charge is 0.363 e. The highest BCUT2D eigenvalue weighted by atomic mass is 19.1. The number of esters is 1. The molecule has 1 rings (SSSR count). The molecule has 0 saturated heterocycles. The third-order valence-electron chi connectivity index (χ3n) is 1.51. The van der Waals surface area contributed by atoms with E-state index in [0.29, 0.717) is 4.68 Å². The second-order valence-electron chi connectivity index (χ2n) is 2.52. The molecule has 1 unspecified atom stereocenters. The molecule has 0 amide bonds. The standard InChI is InChI=1S/C7H8FN3O4/c1-2-15-7(12)6(8)10-4-5(3-9-10)11(13)14/h3-4,6H,2H2,1H3. The van der Waals surface area contributed by atoms with Gasteiger partial charge in [0.1, 0.15) is 12.4 Å². The number of rotatable bonds is 4. The molecule has 0 aliphatic rings. The van der Waals surface area contributed by atoms with Crippen molar-refractivity contribution in [1.82, 2.24) is 9.78 Å². The van der Waals surface area contributed by atoms with Gasteiger partial charge in [0.2, 0.25) is 0 Å². The zero-order chi connectivity index (χ0) is 11.4. The molecule has 82 valence electrons. The van der Waals surface area contributed by atoms with Crippen LogP contribution in [-0.2, 0) is 9.53 Å². The topological polar surface area (TPSA) is 87.3 Å². The van der Waals surface area contributed by atoms with E-state index in [1.165, 1.54) is 6.92 Å². The summed E-state index contributed by atoms with van der Waals surface area (Å²) in [7, 11) is 0. The Morgan fingerprint density at radius 3 is 3.00 bits per heavy atom. The van der Waals surface area contributed by atoms with Crippen LogP contribution >= 0.6 is 0 Å². The van der Waals surface area contributed by atoms with E-state index in [9.17, 15) is 19.3 Å². The Hall–Kier alpha value is -1.99. The molecule has 0 radical (unpaired) electrons. The lowest BCUT2D eigenvalue weighted by atomic mass is 10.5. The summed E-state index contributed by atoms with van der Waals surface area (Å²) in [5.74, 6) is -1.13. The van der Waals surface area contributed by atoms with Crippen molar-refractivity contribution in [2.45, 2.75) is 13.2 Å². The van der Waals surface area contributed by atoms with Crippen molar-refractivity contribution in [2.24, 2.45) is 0 Å². The number of hydrogen-bond donors (Lipinski definition) is 0. The minimum atomic E-state index is -2.15. The minimum absolute atomic E-state index is 0.0304. The molecule has 0 aromatic carbocycles. The SMILES string of the molecule is CCOC(=O)C(F)n1cc([N+](=O)[O-])cn1. The highest BCUT2D eigenvalue weighted by molar-refractivity contribution is 5.72. The second kappa shape index (κ2) is 4.49. The van der Waals surface area contributed by atoms with Gasteiger partial charge in [0.15, 0.2) is 0 Å². The number of carbonyl (C=O) groups is 1. The van der Waals surface area contributed by atoms with E-state index in [1.807, 2.05) is 0 Å². The van der Waals surface area contributed by atoms with Crippen LogP contribution in [0.4, 0.5) is 10.1 Å². The van der Waals surface area contributed by atoms with Gasteiger partial charge in [-0.25, -0.2) is 13.9 Å². The molecule has 7 nitrogen and oxygen atoms in total. The molecule has 8 heteroatoms. The first-order valence-electron chi connectivity index (χ1n) is 4.05. The number of carbonyl (C=O) groups excluding carboxylic acids is 1. The molecule has 0 N–H and O–H groups in total. The third kappa shape index (κ3) is 2.48. The molecule has 1 aromatic heterocycles. The highest BCUT2D eigenvalue weighted by Gasteiger charge is 2.23. The number of nitro groups is 1. The van der Waals surface area contributed by atoms with Crippen molar-refractivity contribution in [1.29, 1.82) is 0 Å². The molecule has 0 bridgehead atoms. The van der Waals surface area contributed by atoms with E-state index >= 15 is 0 Å². The lowest BCUT2D eigenvalue weighted by Gasteiger charge is -2.06. The molecular weight excluding hydrogens is 209 g/mol. The van der Waals surface area contributed by atoms with Gasteiger partial charge in [-0.3, -0.25) is 10.1 Å². The van der Waals surface area contributed by atoms with Gasteiger partial charge in [-0.15, -0.1) is 0 Å². The van der Waals surface area contributed by atoms with Crippen LogP contribution in [0, 0.1) is 10.1 Å². The van der Waals surface area contributed by atoms with Crippen molar-refractivity contribution in [2.75, 3.05) is 6.61 Å². The minimum Gasteiger partial charge on any atom is -0.462 e. The summed E-state index contributed by atoms with van der Waals surface area (Å²) in [6.07, 6.45) is -0.480. The number of hydrogen-bond acceptors (Lipinski definition) is 5. The molecule has 0 aliphatic carbocycles. The lowest BCUT2D eigenvalue weighted by Crippen LogP contribution is -2.18. The predicted octanol–water partition coefficient (Wildman–Crippen LogP) is 0.823. The number of halogens is 1. The summed E-state index contributed by atoms with van der Waals surface area (Å²) in [5.41, 5.74) is -0.387. The first kappa shape index (κ1) is 11.1. The molecule has 0 fully saturated rings. The summed E-state index contributed by atoms with van der Waals surface area (Å²) >= 11 is 0. The summed E-state index contributed by atoms with van der Waals surface area (Å²) in [5, 5.41) is 13.6. The van der Waals surface area contributed by atoms with Crippen LogP contribution < -0.4 is 0 Å². The van der Waals surface area contributed by atoms with Gasteiger partial charge < -0.3 is 4.74 Å². The normalized spacial score (nSPS) is 12.1. The molecule has 1 aromatic rings. The number of nitrogens with zero attached hydrogens (tertiary/aromatic N) is 3. The van der Waals surface area contributed by atoms with Crippen LogP contribution in [0.5, 0.6) is 0 Å². The maximum atomic E-state index is 13.2. The van der Waals surface area contributed by atoms with Gasteiger partial charge >= 0.3 is 11.7 Å². The molecule has 0 saturated carbocycles.